The quantitative estimate of drug-likeness (QED) is 0.638. The summed E-state index contributed by atoms with van der Waals surface area (Å²) in [6, 6.07) is 10.5. The van der Waals surface area contributed by atoms with E-state index in [9.17, 15) is 22.0 Å². The number of hydrogen-bond donors (Lipinski definition) is 2. The van der Waals surface area contributed by atoms with Crippen LogP contribution in [-0.4, -0.2) is 19.4 Å². The van der Waals surface area contributed by atoms with Gasteiger partial charge in [-0.25, -0.2) is 22.0 Å². The van der Waals surface area contributed by atoms with Crippen LogP contribution in [0, 0.1) is 11.6 Å². The third kappa shape index (κ3) is 4.49. The molecule has 28 heavy (non-hydrogen) atoms. The lowest BCUT2D eigenvalue weighted by Gasteiger charge is -2.09. The Morgan fingerprint density at radius 2 is 1.79 bits per heavy atom. The van der Waals surface area contributed by atoms with E-state index in [2.05, 4.69) is 15.6 Å². The number of nitrogens with zero attached hydrogens (tertiary/aromatic N) is 1. The van der Waals surface area contributed by atoms with Gasteiger partial charge in [0.1, 0.15) is 16.5 Å². The third-order valence-corrected chi connectivity index (χ3v) is 5.58. The maximum absolute atomic E-state index is 13.8. The van der Waals surface area contributed by atoms with Crippen molar-refractivity contribution in [2.75, 3.05) is 5.32 Å². The second kappa shape index (κ2) is 8.13. The fourth-order valence-corrected chi connectivity index (χ4v) is 3.71. The maximum atomic E-state index is 13.8. The van der Waals surface area contributed by atoms with Crippen molar-refractivity contribution < 1.29 is 22.0 Å². The molecule has 2 N–H and O–H groups in total. The van der Waals surface area contributed by atoms with Gasteiger partial charge in [0.05, 0.1) is 4.90 Å². The van der Waals surface area contributed by atoms with E-state index < -0.39 is 32.4 Å². The zero-order chi connectivity index (χ0) is 20.1. The number of hydrogen-bond acceptors (Lipinski definition) is 4. The van der Waals surface area contributed by atoms with Crippen LogP contribution in [0.4, 0.5) is 19.3 Å². The van der Waals surface area contributed by atoms with Crippen molar-refractivity contribution in [1.29, 1.82) is 0 Å². The summed E-state index contributed by atoms with van der Waals surface area (Å²) in [5.41, 5.74) is 1.17. The molecule has 0 radical (unpaired) electrons. The number of halogens is 2. The van der Waals surface area contributed by atoms with E-state index >= 15 is 0 Å². The van der Waals surface area contributed by atoms with Crippen LogP contribution >= 0.6 is 0 Å². The van der Waals surface area contributed by atoms with Crippen molar-refractivity contribution in [3.63, 3.8) is 0 Å². The molecule has 0 aliphatic heterocycles. The number of carbonyl (C=O) groups excluding carboxylic acids is 1. The van der Waals surface area contributed by atoms with Gasteiger partial charge in [-0.3, -0.25) is 4.98 Å². The molecule has 0 aliphatic rings. The number of urea groups is 1. The Labute approximate surface area is 160 Å². The fraction of sp³-hybridized carbons (Fsp3) is 0.0526. The van der Waals surface area contributed by atoms with Crippen LogP contribution in [0.15, 0.2) is 76.8 Å². The van der Waals surface area contributed by atoms with E-state index in [1.54, 1.807) is 18.5 Å². The number of sulfone groups is 1. The van der Waals surface area contributed by atoms with Gasteiger partial charge >= 0.3 is 6.03 Å². The van der Waals surface area contributed by atoms with E-state index in [1.165, 1.54) is 24.3 Å². The molecular weight excluding hydrogens is 388 g/mol. The van der Waals surface area contributed by atoms with E-state index in [-0.39, 0.29) is 11.4 Å². The summed E-state index contributed by atoms with van der Waals surface area (Å²) < 4.78 is 51.8. The summed E-state index contributed by atoms with van der Waals surface area (Å²) in [7, 11) is -4.15. The largest absolute Gasteiger partial charge is 0.334 e. The fourth-order valence-electron chi connectivity index (χ4n) is 2.40. The highest BCUT2D eigenvalue weighted by atomic mass is 32.2. The number of carbonyl (C=O) groups is 1. The van der Waals surface area contributed by atoms with Gasteiger partial charge in [-0.2, -0.15) is 0 Å². The molecular formula is C19H15F2N3O3S. The normalized spacial score (nSPS) is 11.1. The van der Waals surface area contributed by atoms with Crippen LogP contribution < -0.4 is 10.6 Å². The van der Waals surface area contributed by atoms with Crippen LogP contribution in [-0.2, 0) is 16.4 Å². The van der Waals surface area contributed by atoms with Gasteiger partial charge in [0, 0.05) is 30.7 Å². The van der Waals surface area contributed by atoms with Crippen LogP contribution in [0.3, 0.4) is 0 Å². The zero-order valence-electron chi connectivity index (χ0n) is 14.4. The lowest BCUT2D eigenvalue weighted by Crippen LogP contribution is -2.28. The van der Waals surface area contributed by atoms with Crippen molar-refractivity contribution >= 4 is 21.6 Å². The first-order chi connectivity index (χ1) is 13.4. The number of aromatic nitrogens is 1. The van der Waals surface area contributed by atoms with Crippen molar-refractivity contribution in [3.05, 3.63) is 84.2 Å². The van der Waals surface area contributed by atoms with Crippen LogP contribution in [0.5, 0.6) is 0 Å². The molecule has 0 unspecified atom stereocenters. The predicted molar refractivity (Wildman–Crippen MR) is 98.3 cm³/mol. The second-order valence-corrected chi connectivity index (χ2v) is 7.69. The SMILES string of the molecule is O=C(NCc1cccnc1)Nc1ccc(S(=O)(=O)c2ccc(F)cc2F)cc1. The Kier molecular flexibility index (Phi) is 5.65. The van der Waals surface area contributed by atoms with Crippen molar-refractivity contribution in [3.8, 4) is 0 Å². The van der Waals surface area contributed by atoms with Gasteiger partial charge in [0.2, 0.25) is 9.84 Å². The molecule has 2 aromatic carbocycles. The lowest BCUT2D eigenvalue weighted by atomic mass is 10.3. The summed E-state index contributed by atoms with van der Waals surface area (Å²) in [6.07, 6.45) is 3.24. The number of anilines is 1. The molecule has 2 amide bonds. The smallest absolute Gasteiger partial charge is 0.319 e. The van der Waals surface area contributed by atoms with Crippen LogP contribution in [0.2, 0.25) is 0 Å². The Balaban J connectivity index is 1.68. The van der Waals surface area contributed by atoms with Crippen molar-refractivity contribution in [2.45, 2.75) is 16.3 Å². The molecule has 0 fully saturated rings. The minimum absolute atomic E-state index is 0.181. The molecule has 1 heterocycles. The minimum Gasteiger partial charge on any atom is -0.334 e. The van der Waals surface area contributed by atoms with Gasteiger partial charge in [0.25, 0.3) is 0 Å². The Hall–Kier alpha value is -3.33. The van der Waals surface area contributed by atoms with Gasteiger partial charge in [-0.05, 0) is 48.0 Å². The molecule has 3 rings (SSSR count). The topological polar surface area (TPSA) is 88.2 Å². The van der Waals surface area contributed by atoms with E-state index in [0.29, 0.717) is 11.8 Å². The average Bonchev–Trinajstić information content (AvgIpc) is 2.67. The molecule has 0 saturated carbocycles. The van der Waals surface area contributed by atoms with Crippen LogP contribution in [0.25, 0.3) is 0 Å². The number of pyridine rings is 1. The van der Waals surface area contributed by atoms with Crippen LogP contribution in [0.1, 0.15) is 5.56 Å². The molecule has 0 aliphatic carbocycles. The maximum Gasteiger partial charge on any atom is 0.319 e. The van der Waals surface area contributed by atoms with E-state index in [0.717, 1.165) is 17.7 Å². The predicted octanol–water partition coefficient (Wildman–Crippen LogP) is 3.51. The van der Waals surface area contributed by atoms with E-state index in [4.69, 9.17) is 0 Å². The first kappa shape index (κ1) is 19.4. The number of nitrogens with one attached hydrogen (secondary N) is 2. The third-order valence-electron chi connectivity index (χ3n) is 3.78. The lowest BCUT2D eigenvalue weighted by molar-refractivity contribution is 0.251. The average molecular weight is 403 g/mol. The molecule has 0 bridgehead atoms. The van der Waals surface area contributed by atoms with Gasteiger partial charge in [0.15, 0.2) is 0 Å². The molecule has 3 aromatic rings. The molecule has 9 heteroatoms. The Bertz CT molecular complexity index is 1090. The zero-order valence-corrected chi connectivity index (χ0v) is 15.2. The van der Waals surface area contributed by atoms with E-state index in [1.807, 2.05) is 6.07 Å². The highest BCUT2D eigenvalue weighted by Gasteiger charge is 2.22. The molecule has 1 aromatic heterocycles. The summed E-state index contributed by atoms with van der Waals surface area (Å²) >= 11 is 0. The Morgan fingerprint density at radius 3 is 2.43 bits per heavy atom. The Morgan fingerprint density at radius 1 is 1.04 bits per heavy atom. The first-order valence-electron chi connectivity index (χ1n) is 8.10. The highest BCUT2D eigenvalue weighted by molar-refractivity contribution is 7.91. The summed E-state index contributed by atoms with van der Waals surface area (Å²) in [4.78, 5) is 15.1. The first-order valence-corrected chi connectivity index (χ1v) is 9.58. The second-order valence-electron chi connectivity index (χ2n) is 5.77. The standard InChI is InChI=1S/C19H15F2N3O3S/c20-14-3-8-18(17(21)10-14)28(26,27)16-6-4-15(5-7-16)24-19(25)23-12-13-2-1-9-22-11-13/h1-11H,12H2,(H2,23,24,25). The summed E-state index contributed by atoms with van der Waals surface area (Å²) in [6.45, 7) is 0.274. The molecule has 0 spiro atoms. The molecule has 144 valence electrons. The van der Waals surface area contributed by atoms with Gasteiger partial charge < -0.3 is 10.6 Å². The van der Waals surface area contributed by atoms with Gasteiger partial charge in [-0.1, -0.05) is 6.07 Å². The molecule has 0 atom stereocenters. The minimum atomic E-state index is -4.15. The monoisotopic (exact) mass is 403 g/mol. The highest BCUT2D eigenvalue weighted by Crippen LogP contribution is 2.25. The summed E-state index contributed by atoms with van der Waals surface area (Å²) in [5, 5.41) is 5.20. The molecule has 6 nitrogen and oxygen atoms in total. The van der Waals surface area contributed by atoms with Gasteiger partial charge in [-0.15, -0.1) is 0 Å². The van der Waals surface area contributed by atoms with Crippen molar-refractivity contribution in [2.24, 2.45) is 0 Å². The summed E-state index contributed by atoms with van der Waals surface area (Å²) in [5.74, 6) is -2.04. The number of benzene rings is 2. The van der Waals surface area contributed by atoms with Crippen molar-refractivity contribution in [1.82, 2.24) is 10.3 Å². The number of amides is 2. The number of rotatable bonds is 5. The molecule has 0 saturated heterocycles.